The number of halogens is 1. The van der Waals surface area contributed by atoms with E-state index in [1.54, 1.807) is 0 Å². The van der Waals surface area contributed by atoms with Crippen molar-refractivity contribution in [3.63, 3.8) is 0 Å². The predicted octanol–water partition coefficient (Wildman–Crippen LogP) is 3.03. The molecule has 7 nitrogen and oxygen atoms in total. The first kappa shape index (κ1) is 22.1. The number of aliphatic imine (C=N–C) groups is 1. The van der Waals surface area contributed by atoms with Crippen LogP contribution in [0.3, 0.4) is 0 Å². The number of thioether (sulfide) groups is 1. The number of anilines is 1. The van der Waals surface area contributed by atoms with E-state index in [1.807, 2.05) is 35.4 Å². The number of rotatable bonds is 5. The smallest absolute Gasteiger partial charge is 0.282 e. The van der Waals surface area contributed by atoms with Gasteiger partial charge in [-0.1, -0.05) is 17.8 Å². The average Bonchev–Trinajstić information content (AvgIpc) is 3.44. The number of nitrogens with zero attached hydrogens (tertiary/aromatic N) is 3. The maximum absolute atomic E-state index is 12.6. The molecule has 1 aromatic rings. The molecule has 5 rings (SSSR count). The molecule has 0 aromatic heterocycles. The maximum Gasteiger partial charge on any atom is 0.282 e. The van der Waals surface area contributed by atoms with E-state index in [-0.39, 0.29) is 29.5 Å². The number of ether oxygens (including phenoxy) is 1. The van der Waals surface area contributed by atoms with Crippen LogP contribution in [-0.4, -0.2) is 72.3 Å². The van der Waals surface area contributed by atoms with Crippen molar-refractivity contribution in [1.29, 1.82) is 0 Å². The van der Waals surface area contributed by atoms with Gasteiger partial charge in [-0.3, -0.25) is 19.5 Å². The largest absolute Gasteiger partial charge is 0.379 e. The van der Waals surface area contributed by atoms with Gasteiger partial charge in [0.2, 0.25) is 0 Å². The van der Waals surface area contributed by atoms with Crippen LogP contribution in [0.4, 0.5) is 10.5 Å². The van der Waals surface area contributed by atoms with Crippen molar-refractivity contribution in [1.82, 2.24) is 9.80 Å². The lowest BCUT2D eigenvalue weighted by atomic mass is 10.0. The number of hydrogen-bond donors (Lipinski definition) is 1. The zero-order valence-electron chi connectivity index (χ0n) is 17.1. The molecule has 9 heteroatoms. The molecule has 1 atom stereocenters. The molecular formula is C22H25ClN4O3S. The summed E-state index contributed by atoms with van der Waals surface area (Å²) in [6.07, 6.45) is 5.96. The molecule has 0 radical (unpaired) electrons. The minimum absolute atomic E-state index is 0. The van der Waals surface area contributed by atoms with Crippen molar-refractivity contribution in [3.8, 4) is 0 Å². The van der Waals surface area contributed by atoms with E-state index in [9.17, 15) is 9.59 Å². The summed E-state index contributed by atoms with van der Waals surface area (Å²) in [7, 11) is 0. The third kappa shape index (κ3) is 4.87. The van der Waals surface area contributed by atoms with Crippen molar-refractivity contribution >= 4 is 52.8 Å². The molecule has 31 heavy (non-hydrogen) atoms. The SMILES string of the molecule is Cl.O=C1Nc2ccc(CN3CCSC3=O)cc2/C1=C/C1=CC(CN2CCOCC2)C=N1. The number of benzene rings is 1. The number of hydrogen-bond acceptors (Lipinski definition) is 6. The normalized spacial score (nSPS) is 24.4. The fourth-order valence-corrected chi connectivity index (χ4v) is 4.99. The number of carbonyl (C=O) groups excluding carboxylic acids is 2. The summed E-state index contributed by atoms with van der Waals surface area (Å²) in [4.78, 5) is 33.3. The molecule has 164 valence electrons. The van der Waals surface area contributed by atoms with Gasteiger partial charge >= 0.3 is 0 Å². The highest BCUT2D eigenvalue weighted by atomic mass is 35.5. The van der Waals surface area contributed by atoms with Gasteiger partial charge in [0.05, 0.1) is 24.5 Å². The maximum atomic E-state index is 12.6. The highest BCUT2D eigenvalue weighted by Crippen LogP contribution is 2.34. The van der Waals surface area contributed by atoms with Gasteiger partial charge in [-0.2, -0.15) is 0 Å². The van der Waals surface area contributed by atoms with Gasteiger partial charge in [0.25, 0.3) is 11.1 Å². The third-order valence-corrected chi connectivity index (χ3v) is 6.64. The van der Waals surface area contributed by atoms with Crippen molar-refractivity contribution < 1.29 is 14.3 Å². The number of fused-ring (bicyclic) bond motifs is 1. The van der Waals surface area contributed by atoms with Gasteiger partial charge in [-0.05, 0) is 29.8 Å². The van der Waals surface area contributed by atoms with Crippen LogP contribution in [0, 0.1) is 5.92 Å². The number of nitrogens with one attached hydrogen (secondary N) is 1. The summed E-state index contributed by atoms with van der Waals surface area (Å²) in [5, 5.41) is 3.06. The van der Waals surface area contributed by atoms with E-state index in [2.05, 4.69) is 21.3 Å². The second kappa shape index (κ2) is 9.56. The summed E-state index contributed by atoms with van der Waals surface area (Å²) in [5.74, 6) is 0.985. The number of allylic oxidation sites excluding steroid dienone is 1. The van der Waals surface area contributed by atoms with Crippen molar-refractivity contribution in [2.45, 2.75) is 6.54 Å². The Morgan fingerprint density at radius 2 is 2.06 bits per heavy atom. The summed E-state index contributed by atoms with van der Waals surface area (Å²) in [5.41, 5.74) is 4.17. The second-order valence-electron chi connectivity index (χ2n) is 7.87. The van der Waals surface area contributed by atoms with Crippen molar-refractivity contribution in [2.75, 3.05) is 50.5 Å². The summed E-state index contributed by atoms with van der Waals surface area (Å²) in [6, 6.07) is 5.91. The molecule has 4 aliphatic heterocycles. The zero-order valence-corrected chi connectivity index (χ0v) is 18.7. The predicted molar refractivity (Wildman–Crippen MR) is 126 cm³/mol. The van der Waals surface area contributed by atoms with E-state index >= 15 is 0 Å². The molecule has 2 fully saturated rings. The van der Waals surface area contributed by atoms with Crippen LogP contribution >= 0.6 is 24.2 Å². The molecule has 4 heterocycles. The second-order valence-corrected chi connectivity index (χ2v) is 8.92. The fraction of sp³-hybridized carbons (Fsp3) is 0.409. The van der Waals surface area contributed by atoms with Crippen molar-refractivity contribution in [3.05, 3.63) is 47.2 Å². The van der Waals surface area contributed by atoms with E-state index < -0.39 is 0 Å². The lowest BCUT2D eigenvalue weighted by Gasteiger charge is -2.27. The fourth-order valence-electron chi connectivity index (χ4n) is 4.17. The number of morpholine rings is 1. The summed E-state index contributed by atoms with van der Waals surface area (Å²) < 4.78 is 5.41. The van der Waals surface area contributed by atoms with Crippen LogP contribution in [0.25, 0.3) is 5.57 Å². The zero-order chi connectivity index (χ0) is 20.5. The van der Waals surface area contributed by atoms with Gasteiger partial charge in [0.1, 0.15) is 0 Å². The van der Waals surface area contributed by atoms with Gasteiger partial charge in [-0.15, -0.1) is 12.4 Å². The number of carbonyl (C=O) groups is 2. The first-order valence-electron chi connectivity index (χ1n) is 10.3. The van der Waals surface area contributed by atoms with Gasteiger partial charge in [0.15, 0.2) is 0 Å². The minimum atomic E-state index is -0.109. The Hall–Kier alpha value is -2.13. The van der Waals surface area contributed by atoms with Gasteiger partial charge in [-0.25, -0.2) is 0 Å². The molecular weight excluding hydrogens is 436 g/mol. The first-order valence-corrected chi connectivity index (χ1v) is 11.3. The topological polar surface area (TPSA) is 74.2 Å². The molecule has 0 spiro atoms. The Bertz CT molecular complexity index is 972. The molecule has 2 amide bonds. The Morgan fingerprint density at radius 1 is 1.23 bits per heavy atom. The number of amides is 2. The van der Waals surface area contributed by atoms with Crippen LogP contribution in [0.15, 0.2) is 41.0 Å². The highest BCUT2D eigenvalue weighted by Gasteiger charge is 2.27. The summed E-state index contributed by atoms with van der Waals surface area (Å²) in [6.45, 7) is 5.73. The van der Waals surface area contributed by atoms with Crippen LogP contribution < -0.4 is 5.32 Å². The quantitative estimate of drug-likeness (QED) is 0.684. The first-order chi connectivity index (χ1) is 14.7. The lowest BCUT2D eigenvalue weighted by Crippen LogP contribution is -2.39. The Balaban J connectivity index is 0.00000231. The van der Waals surface area contributed by atoms with Crippen LogP contribution in [0.2, 0.25) is 0 Å². The highest BCUT2D eigenvalue weighted by molar-refractivity contribution is 8.13. The van der Waals surface area contributed by atoms with Crippen LogP contribution in [-0.2, 0) is 16.1 Å². The standard InChI is InChI=1S/C22H24N4O3S.ClH/c27-21-19(11-17-9-16(12-23-17)13-25-3-6-29-7-4-25)18-10-15(1-2-20(18)24-21)14-26-5-8-30-22(26)28;/h1-2,9-12,16H,3-8,13-14H2,(H,24,27);1H/b19-11-;. The average molecular weight is 461 g/mol. The van der Waals surface area contributed by atoms with E-state index in [4.69, 9.17) is 4.74 Å². The molecule has 0 saturated carbocycles. The summed E-state index contributed by atoms with van der Waals surface area (Å²) >= 11 is 1.36. The van der Waals surface area contributed by atoms with Crippen LogP contribution in [0.1, 0.15) is 11.1 Å². The Kier molecular flexibility index (Phi) is 6.81. The monoisotopic (exact) mass is 460 g/mol. The molecule has 1 N–H and O–H groups in total. The Labute approximate surface area is 192 Å². The van der Waals surface area contributed by atoms with E-state index in [1.165, 1.54) is 11.8 Å². The molecule has 0 bridgehead atoms. The molecule has 1 unspecified atom stereocenters. The molecule has 4 aliphatic rings. The van der Waals surface area contributed by atoms with Gasteiger partial charge < -0.3 is 15.0 Å². The van der Waals surface area contributed by atoms with Crippen molar-refractivity contribution in [2.24, 2.45) is 10.9 Å². The molecule has 1 aromatic carbocycles. The van der Waals surface area contributed by atoms with Crippen LogP contribution in [0.5, 0.6) is 0 Å². The van der Waals surface area contributed by atoms with E-state index in [0.29, 0.717) is 12.1 Å². The molecule has 2 saturated heterocycles. The van der Waals surface area contributed by atoms with Gasteiger partial charge in [0, 0.05) is 61.9 Å². The third-order valence-electron chi connectivity index (χ3n) is 5.75. The molecule has 0 aliphatic carbocycles. The minimum Gasteiger partial charge on any atom is -0.379 e. The Morgan fingerprint density at radius 3 is 2.84 bits per heavy atom. The van der Waals surface area contributed by atoms with E-state index in [0.717, 1.165) is 67.7 Å². The lowest BCUT2D eigenvalue weighted by molar-refractivity contribution is -0.110.